The van der Waals surface area contributed by atoms with Gasteiger partial charge in [-0.3, -0.25) is 4.98 Å². The maximum Gasteiger partial charge on any atom is 0.147 e. The summed E-state index contributed by atoms with van der Waals surface area (Å²) in [5.41, 5.74) is 0. The van der Waals surface area contributed by atoms with Gasteiger partial charge in [-0.15, -0.1) is 11.3 Å². The standard InChI is InChI=1S/C12H16N4S/c1-8-4-5-10(17-8)9(2)15-12-7-14-6-11(13-3)16-12/h4-7,9H,1-3H3,(H2,13,15,16). The minimum atomic E-state index is 0.245. The van der Waals surface area contributed by atoms with E-state index in [1.807, 2.05) is 7.05 Å². The van der Waals surface area contributed by atoms with Gasteiger partial charge in [0, 0.05) is 16.8 Å². The van der Waals surface area contributed by atoms with Crippen LogP contribution in [-0.4, -0.2) is 17.0 Å². The molecule has 90 valence electrons. The summed E-state index contributed by atoms with van der Waals surface area (Å²) < 4.78 is 0. The Labute approximate surface area is 105 Å². The molecule has 4 nitrogen and oxygen atoms in total. The predicted octanol–water partition coefficient (Wildman–Crippen LogP) is 3.06. The van der Waals surface area contributed by atoms with E-state index < -0.39 is 0 Å². The SMILES string of the molecule is CNc1cncc(NC(C)c2ccc(C)s2)n1. The first-order valence-corrected chi connectivity index (χ1v) is 6.33. The third kappa shape index (κ3) is 2.94. The maximum atomic E-state index is 4.38. The molecule has 0 bridgehead atoms. The van der Waals surface area contributed by atoms with E-state index in [4.69, 9.17) is 0 Å². The fourth-order valence-electron chi connectivity index (χ4n) is 1.54. The van der Waals surface area contributed by atoms with Crippen molar-refractivity contribution in [1.82, 2.24) is 9.97 Å². The third-order valence-corrected chi connectivity index (χ3v) is 3.63. The van der Waals surface area contributed by atoms with Gasteiger partial charge < -0.3 is 10.6 Å². The molecule has 2 N–H and O–H groups in total. The van der Waals surface area contributed by atoms with Crippen molar-refractivity contribution in [3.05, 3.63) is 34.3 Å². The van der Waals surface area contributed by atoms with Crippen LogP contribution in [0.15, 0.2) is 24.5 Å². The monoisotopic (exact) mass is 248 g/mol. The Morgan fingerprint density at radius 2 is 2.00 bits per heavy atom. The lowest BCUT2D eigenvalue weighted by Gasteiger charge is -2.13. The predicted molar refractivity (Wildman–Crippen MR) is 72.7 cm³/mol. The summed E-state index contributed by atoms with van der Waals surface area (Å²) in [7, 11) is 1.83. The Bertz CT molecular complexity index is 495. The summed E-state index contributed by atoms with van der Waals surface area (Å²) in [5.74, 6) is 1.56. The molecule has 5 heteroatoms. The summed E-state index contributed by atoms with van der Waals surface area (Å²) in [6, 6.07) is 4.52. The van der Waals surface area contributed by atoms with Crippen LogP contribution in [0, 0.1) is 6.92 Å². The number of anilines is 2. The van der Waals surface area contributed by atoms with E-state index in [0.717, 1.165) is 11.6 Å². The van der Waals surface area contributed by atoms with Gasteiger partial charge in [-0.05, 0) is 26.0 Å². The summed E-state index contributed by atoms with van der Waals surface area (Å²) in [5, 5.41) is 6.32. The molecular formula is C12H16N4S. The van der Waals surface area contributed by atoms with E-state index >= 15 is 0 Å². The zero-order chi connectivity index (χ0) is 12.3. The highest BCUT2D eigenvalue weighted by Gasteiger charge is 2.08. The number of aryl methyl sites for hydroxylation is 1. The summed E-state index contributed by atoms with van der Waals surface area (Å²) >= 11 is 1.80. The first-order valence-electron chi connectivity index (χ1n) is 5.51. The summed E-state index contributed by atoms with van der Waals surface area (Å²) in [6.45, 7) is 4.24. The fourth-order valence-corrected chi connectivity index (χ4v) is 2.41. The van der Waals surface area contributed by atoms with Gasteiger partial charge in [0.1, 0.15) is 11.6 Å². The van der Waals surface area contributed by atoms with E-state index in [2.05, 4.69) is 46.6 Å². The van der Waals surface area contributed by atoms with Crippen LogP contribution in [0.25, 0.3) is 0 Å². The van der Waals surface area contributed by atoms with Gasteiger partial charge in [0.05, 0.1) is 18.4 Å². The minimum absolute atomic E-state index is 0.245. The Morgan fingerprint density at radius 1 is 1.24 bits per heavy atom. The average Bonchev–Trinajstić information content (AvgIpc) is 2.76. The van der Waals surface area contributed by atoms with Crippen molar-refractivity contribution in [2.24, 2.45) is 0 Å². The number of hydrogen-bond donors (Lipinski definition) is 2. The molecule has 2 aromatic heterocycles. The van der Waals surface area contributed by atoms with E-state index in [9.17, 15) is 0 Å². The molecular weight excluding hydrogens is 232 g/mol. The molecule has 0 saturated heterocycles. The van der Waals surface area contributed by atoms with Crippen LogP contribution in [0.3, 0.4) is 0 Å². The molecule has 2 rings (SSSR count). The van der Waals surface area contributed by atoms with Crippen LogP contribution in [0.1, 0.15) is 22.7 Å². The molecule has 0 fully saturated rings. The highest BCUT2D eigenvalue weighted by Crippen LogP contribution is 2.25. The molecule has 2 heterocycles. The Balaban J connectivity index is 2.09. The smallest absolute Gasteiger partial charge is 0.147 e. The molecule has 0 amide bonds. The van der Waals surface area contributed by atoms with E-state index in [-0.39, 0.29) is 6.04 Å². The Hall–Kier alpha value is -1.62. The molecule has 0 spiro atoms. The molecule has 2 aromatic rings. The molecule has 0 radical (unpaired) electrons. The number of nitrogens with one attached hydrogen (secondary N) is 2. The lowest BCUT2D eigenvalue weighted by molar-refractivity contribution is 0.893. The van der Waals surface area contributed by atoms with Crippen molar-refractivity contribution in [3.63, 3.8) is 0 Å². The number of hydrogen-bond acceptors (Lipinski definition) is 5. The molecule has 0 saturated carbocycles. The number of thiophene rings is 1. The maximum absolute atomic E-state index is 4.38. The first kappa shape index (κ1) is 11.9. The lowest BCUT2D eigenvalue weighted by atomic mass is 10.3. The Kier molecular flexibility index (Phi) is 3.58. The number of rotatable bonds is 4. The highest BCUT2D eigenvalue weighted by atomic mass is 32.1. The van der Waals surface area contributed by atoms with Crippen LogP contribution >= 0.6 is 11.3 Å². The second-order valence-electron chi connectivity index (χ2n) is 3.85. The largest absolute Gasteiger partial charge is 0.372 e. The summed E-state index contributed by atoms with van der Waals surface area (Å²) in [6.07, 6.45) is 3.43. The highest BCUT2D eigenvalue weighted by molar-refractivity contribution is 7.12. The number of aromatic nitrogens is 2. The van der Waals surface area contributed by atoms with Gasteiger partial charge in [-0.2, -0.15) is 0 Å². The normalized spacial score (nSPS) is 12.2. The molecule has 17 heavy (non-hydrogen) atoms. The third-order valence-electron chi connectivity index (χ3n) is 2.44. The van der Waals surface area contributed by atoms with Crippen molar-refractivity contribution >= 4 is 23.0 Å². The lowest BCUT2D eigenvalue weighted by Crippen LogP contribution is -2.07. The van der Waals surface area contributed by atoms with Crippen molar-refractivity contribution in [1.29, 1.82) is 0 Å². The van der Waals surface area contributed by atoms with Crippen LogP contribution in [-0.2, 0) is 0 Å². The molecule has 0 aromatic carbocycles. The molecule has 0 aliphatic rings. The van der Waals surface area contributed by atoms with Crippen molar-refractivity contribution in [3.8, 4) is 0 Å². The van der Waals surface area contributed by atoms with E-state index in [0.29, 0.717) is 0 Å². The minimum Gasteiger partial charge on any atom is -0.372 e. The molecule has 0 aliphatic carbocycles. The van der Waals surface area contributed by atoms with Gasteiger partial charge in [0.25, 0.3) is 0 Å². The zero-order valence-electron chi connectivity index (χ0n) is 10.2. The molecule has 1 unspecified atom stereocenters. The van der Waals surface area contributed by atoms with Gasteiger partial charge in [0.15, 0.2) is 0 Å². The van der Waals surface area contributed by atoms with Crippen molar-refractivity contribution < 1.29 is 0 Å². The van der Waals surface area contributed by atoms with Crippen molar-refractivity contribution in [2.45, 2.75) is 19.9 Å². The fraction of sp³-hybridized carbons (Fsp3) is 0.333. The quantitative estimate of drug-likeness (QED) is 0.873. The van der Waals surface area contributed by atoms with Crippen LogP contribution in [0.5, 0.6) is 0 Å². The Morgan fingerprint density at radius 3 is 2.65 bits per heavy atom. The topological polar surface area (TPSA) is 49.8 Å². The molecule has 1 atom stereocenters. The van der Waals surface area contributed by atoms with Crippen LogP contribution < -0.4 is 10.6 Å². The van der Waals surface area contributed by atoms with Gasteiger partial charge >= 0.3 is 0 Å². The van der Waals surface area contributed by atoms with Gasteiger partial charge in [-0.25, -0.2) is 4.98 Å². The second-order valence-corrected chi connectivity index (χ2v) is 5.17. The number of nitrogens with zero attached hydrogens (tertiary/aromatic N) is 2. The molecule has 0 aliphatic heterocycles. The average molecular weight is 248 g/mol. The van der Waals surface area contributed by atoms with Crippen LogP contribution in [0.4, 0.5) is 11.6 Å². The first-order chi connectivity index (χ1) is 8.19. The van der Waals surface area contributed by atoms with E-state index in [1.54, 1.807) is 23.7 Å². The summed E-state index contributed by atoms with van der Waals surface area (Å²) in [4.78, 5) is 11.1. The van der Waals surface area contributed by atoms with E-state index in [1.165, 1.54) is 9.75 Å². The van der Waals surface area contributed by atoms with Crippen LogP contribution in [0.2, 0.25) is 0 Å². The zero-order valence-corrected chi connectivity index (χ0v) is 11.0. The van der Waals surface area contributed by atoms with Gasteiger partial charge in [0.2, 0.25) is 0 Å². The second kappa shape index (κ2) is 5.14. The van der Waals surface area contributed by atoms with Gasteiger partial charge in [-0.1, -0.05) is 0 Å². The van der Waals surface area contributed by atoms with Crippen molar-refractivity contribution in [2.75, 3.05) is 17.7 Å².